The SMILES string of the molecule is CC(C)C(C)(O)CNS(=O)(=O)c1cc(F)ccc1F. The highest BCUT2D eigenvalue weighted by Gasteiger charge is 2.28. The van der Waals surface area contributed by atoms with Gasteiger partial charge in [-0.1, -0.05) is 13.8 Å². The van der Waals surface area contributed by atoms with Gasteiger partial charge in [-0.05, 0) is 31.0 Å². The molecule has 0 bridgehead atoms. The molecule has 0 aliphatic heterocycles. The normalized spacial score (nSPS) is 15.5. The van der Waals surface area contributed by atoms with Crippen LogP contribution in [0.2, 0.25) is 0 Å². The number of rotatable bonds is 5. The molecular weight excluding hydrogens is 276 g/mol. The van der Waals surface area contributed by atoms with Crippen molar-refractivity contribution >= 4 is 10.0 Å². The molecule has 1 aromatic rings. The predicted molar refractivity (Wildman–Crippen MR) is 67.0 cm³/mol. The highest BCUT2D eigenvalue weighted by molar-refractivity contribution is 7.89. The highest BCUT2D eigenvalue weighted by Crippen LogP contribution is 2.18. The monoisotopic (exact) mass is 293 g/mol. The van der Waals surface area contributed by atoms with E-state index in [0.29, 0.717) is 6.07 Å². The second-order valence-electron chi connectivity index (χ2n) is 4.91. The average molecular weight is 293 g/mol. The van der Waals surface area contributed by atoms with Crippen molar-refractivity contribution in [3.05, 3.63) is 29.8 Å². The molecule has 0 spiro atoms. The molecule has 1 atom stereocenters. The minimum absolute atomic E-state index is 0.201. The van der Waals surface area contributed by atoms with Gasteiger partial charge in [-0.25, -0.2) is 21.9 Å². The van der Waals surface area contributed by atoms with E-state index in [-0.39, 0.29) is 12.5 Å². The first-order valence-electron chi connectivity index (χ1n) is 5.73. The summed E-state index contributed by atoms with van der Waals surface area (Å²) < 4.78 is 52.1. The highest BCUT2D eigenvalue weighted by atomic mass is 32.2. The summed E-state index contributed by atoms with van der Waals surface area (Å²) in [7, 11) is -4.21. The zero-order valence-electron chi connectivity index (χ0n) is 10.9. The fourth-order valence-corrected chi connectivity index (χ4v) is 2.44. The van der Waals surface area contributed by atoms with Gasteiger partial charge in [0.15, 0.2) is 0 Å². The fourth-order valence-electron chi connectivity index (χ4n) is 1.21. The summed E-state index contributed by atoms with van der Waals surface area (Å²) in [4.78, 5) is -0.771. The quantitative estimate of drug-likeness (QED) is 0.867. The molecule has 0 aliphatic carbocycles. The van der Waals surface area contributed by atoms with E-state index < -0.39 is 32.2 Å². The zero-order valence-corrected chi connectivity index (χ0v) is 11.8. The van der Waals surface area contributed by atoms with Crippen molar-refractivity contribution in [1.29, 1.82) is 0 Å². The second kappa shape index (κ2) is 5.52. The van der Waals surface area contributed by atoms with E-state index in [1.54, 1.807) is 13.8 Å². The fraction of sp³-hybridized carbons (Fsp3) is 0.500. The standard InChI is InChI=1S/C12H17F2NO3S/c1-8(2)12(3,16)7-15-19(17,18)11-6-9(13)4-5-10(11)14/h4-6,8,15-16H,7H2,1-3H3. The Hall–Kier alpha value is -1.05. The van der Waals surface area contributed by atoms with Crippen LogP contribution >= 0.6 is 0 Å². The summed E-state index contributed by atoms with van der Waals surface area (Å²) in [6.07, 6.45) is 0. The molecule has 19 heavy (non-hydrogen) atoms. The maximum atomic E-state index is 13.4. The Labute approximate surface area is 111 Å². The van der Waals surface area contributed by atoms with Crippen LogP contribution in [0.3, 0.4) is 0 Å². The Morgan fingerprint density at radius 1 is 1.37 bits per heavy atom. The lowest BCUT2D eigenvalue weighted by atomic mass is 9.93. The first kappa shape index (κ1) is 16.0. The third kappa shape index (κ3) is 3.95. The largest absolute Gasteiger partial charge is 0.389 e. The van der Waals surface area contributed by atoms with Crippen molar-refractivity contribution in [2.45, 2.75) is 31.3 Å². The smallest absolute Gasteiger partial charge is 0.243 e. The molecule has 2 N–H and O–H groups in total. The van der Waals surface area contributed by atoms with E-state index >= 15 is 0 Å². The lowest BCUT2D eigenvalue weighted by molar-refractivity contribution is 0.0190. The van der Waals surface area contributed by atoms with Gasteiger partial charge in [0.1, 0.15) is 16.5 Å². The van der Waals surface area contributed by atoms with Gasteiger partial charge in [-0.15, -0.1) is 0 Å². The molecule has 0 fully saturated rings. The van der Waals surface area contributed by atoms with Gasteiger partial charge in [0.2, 0.25) is 10.0 Å². The van der Waals surface area contributed by atoms with E-state index in [4.69, 9.17) is 0 Å². The number of aliphatic hydroxyl groups is 1. The van der Waals surface area contributed by atoms with Crippen LogP contribution in [0.4, 0.5) is 8.78 Å². The summed E-state index contributed by atoms with van der Waals surface area (Å²) >= 11 is 0. The summed E-state index contributed by atoms with van der Waals surface area (Å²) in [6.45, 7) is 4.61. The van der Waals surface area contributed by atoms with E-state index in [0.717, 1.165) is 12.1 Å². The number of halogens is 2. The van der Waals surface area contributed by atoms with E-state index in [1.165, 1.54) is 6.92 Å². The van der Waals surface area contributed by atoms with Gasteiger partial charge in [0.25, 0.3) is 0 Å². The van der Waals surface area contributed by atoms with Crippen LogP contribution in [0.25, 0.3) is 0 Å². The summed E-state index contributed by atoms with van der Waals surface area (Å²) in [5.41, 5.74) is -1.28. The van der Waals surface area contributed by atoms with E-state index in [2.05, 4.69) is 4.72 Å². The van der Waals surface area contributed by atoms with Gasteiger partial charge < -0.3 is 5.11 Å². The first-order valence-corrected chi connectivity index (χ1v) is 7.21. The molecule has 1 unspecified atom stereocenters. The van der Waals surface area contributed by atoms with Gasteiger partial charge >= 0.3 is 0 Å². The van der Waals surface area contributed by atoms with Crippen molar-refractivity contribution in [2.75, 3.05) is 6.54 Å². The molecule has 108 valence electrons. The second-order valence-corrected chi connectivity index (χ2v) is 6.65. The Balaban J connectivity index is 2.97. The van der Waals surface area contributed by atoms with Crippen LogP contribution in [0, 0.1) is 17.6 Å². The molecule has 1 rings (SSSR count). The minimum Gasteiger partial charge on any atom is -0.389 e. The maximum Gasteiger partial charge on any atom is 0.243 e. The van der Waals surface area contributed by atoms with Crippen LogP contribution < -0.4 is 4.72 Å². The van der Waals surface area contributed by atoms with Crippen LogP contribution in [0.15, 0.2) is 23.1 Å². The number of sulfonamides is 1. The molecular formula is C12H17F2NO3S. The van der Waals surface area contributed by atoms with Crippen molar-refractivity contribution in [3.63, 3.8) is 0 Å². The minimum atomic E-state index is -4.21. The van der Waals surface area contributed by atoms with Crippen LogP contribution in [0.1, 0.15) is 20.8 Å². The van der Waals surface area contributed by atoms with Crippen molar-refractivity contribution < 1.29 is 22.3 Å². The van der Waals surface area contributed by atoms with Crippen LogP contribution in [-0.4, -0.2) is 25.7 Å². The molecule has 0 aromatic heterocycles. The lowest BCUT2D eigenvalue weighted by Gasteiger charge is -2.27. The Morgan fingerprint density at radius 3 is 2.47 bits per heavy atom. The summed E-state index contributed by atoms with van der Waals surface area (Å²) in [6, 6.07) is 2.17. The van der Waals surface area contributed by atoms with Crippen molar-refractivity contribution in [1.82, 2.24) is 4.72 Å². The molecule has 4 nitrogen and oxygen atoms in total. The summed E-state index contributed by atoms with van der Waals surface area (Å²) in [5.74, 6) is -2.09. The van der Waals surface area contributed by atoms with Crippen LogP contribution in [0.5, 0.6) is 0 Å². The van der Waals surface area contributed by atoms with Gasteiger partial charge in [-0.2, -0.15) is 0 Å². The Morgan fingerprint density at radius 2 is 1.95 bits per heavy atom. The number of nitrogens with one attached hydrogen (secondary N) is 1. The molecule has 0 aliphatic rings. The van der Waals surface area contributed by atoms with Crippen molar-refractivity contribution in [3.8, 4) is 0 Å². The molecule has 0 saturated carbocycles. The predicted octanol–water partition coefficient (Wildman–Crippen LogP) is 1.65. The number of hydrogen-bond acceptors (Lipinski definition) is 3. The van der Waals surface area contributed by atoms with E-state index in [9.17, 15) is 22.3 Å². The molecule has 0 radical (unpaired) electrons. The molecule has 0 amide bonds. The lowest BCUT2D eigenvalue weighted by Crippen LogP contribution is -2.44. The maximum absolute atomic E-state index is 13.4. The van der Waals surface area contributed by atoms with E-state index in [1.807, 2.05) is 0 Å². The summed E-state index contributed by atoms with van der Waals surface area (Å²) in [5, 5.41) is 9.93. The molecule has 1 aromatic carbocycles. The van der Waals surface area contributed by atoms with Crippen LogP contribution in [-0.2, 0) is 10.0 Å². The van der Waals surface area contributed by atoms with Gasteiger partial charge in [-0.3, -0.25) is 0 Å². The number of benzene rings is 1. The molecule has 0 saturated heterocycles. The average Bonchev–Trinajstić information content (AvgIpc) is 2.30. The van der Waals surface area contributed by atoms with Gasteiger partial charge in [0, 0.05) is 6.54 Å². The zero-order chi connectivity index (χ0) is 14.8. The Bertz CT molecular complexity index is 556. The van der Waals surface area contributed by atoms with Gasteiger partial charge in [0.05, 0.1) is 5.60 Å². The number of hydrogen-bond donors (Lipinski definition) is 2. The third-order valence-electron chi connectivity index (χ3n) is 3.05. The van der Waals surface area contributed by atoms with Crippen molar-refractivity contribution in [2.24, 2.45) is 5.92 Å². The first-order chi connectivity index (χ1) is 8.56. The Kier molecular flexibility index (Phi) is 4.65. The third-order valence-corrected chi connectivity index (χ3v) is 4.46. The molecule has 7 heteroatoms. The molecule has 0 heterocycles. The topological polar surface area (TPSA) is 66.4 Å².